The summed E-state index contributed by atoms with van der Waals surface area (Å²) in [6.45, 7) is 5.02. The number of amides is 2. The fourth-order valence-corrected chi connectivity index (χ4v) is 5.79. The van der Waals surface area contributed by atoms with Gasteiger partial charge in [-0.05, 0) is 54.7 Å². The minimum Gasteiger partial charge on any atom is -0.361 e. The van der Waals surface area contributed by atoms with Crippen LogP contribution in [0.3, 0.4) is 0 Å². The van der Waals surface area contributed by atoms with Crippen LogP contribution >= 0.6 is 0 Å². The van der Waals surface area contributed by atoms with Crippen molar-refractivity contribution in [3.63, 3.8) is 0 Å². The van der Waals surface area contributed by atoms with Crippen LogP contribution in [0, 0.1) is 13.8 Å². The van der Waals surface area contributed by atoms with Crippen molar-refractivity contribution in [1.29, 1.82) is 0 Å². The van der Waals surface area contributed by atoms with E-state index in [2.05, 4.69) is 27.3 Å². The SMILES string of the molecule is Cc1noc(C)c1C=CC(=O)N(Cc1ccc(-c2ncccn2)cc1)[C@@H](Cc1ccccc1)C(=O)N1CCc2ccccc2C1. The predicted molar refractivity (Wildman–Crippen MR) is 173 cm³/mol. The number of carbonyl (C=O) groups is 2. The molecule has 8 nitrogen and oxygen atoms in total. The maximum atomic E-state index is 14.5. The van der Waals surface area contributed by atoms with Gasteiger partial charge in [0, 0.05) is 55.7 Å². The molecule has 0 N–H and O–H groups in total. The summed E-state index contributed by atoms with van der Waals surface area (Å²) in [6, 6.07) is 27.0. The third-order valence-electron chi connectivity index (χ3n) is 8.27. The highest BCUT2D eigenvalue weighted by Crippen LogP contribution is 2.24. The van der Waals surface area contributed by atoms with Crippen molar-refractivity contribution in [2.24, 2.45) is 0 Å². The molecule has 2 aromatic heterocycles. The third kappa shape index (κ3) is 6.91. The Labute approximate surface area is 263 Å². The van der Waals surface area contributed by atoms with Gasteiger partial charge in [-0.25, -0.2) is 9.97 Å². The molecule has 1 aliphatic rings. The molecule has 0 radical (unpaired) electrons. The number of hydrogen-bond donors (Lipinski definition) is 0. The van der Waals surface area contributed by atoms with Gasteiger partial charge in [0.1, 0.15) is 11.8 Å². The van der Waals surface area contributed by atoms with Crippen molar-refractivity contribution in [1.82, 2.24) is 24.9 Å². The Morgan fingerprint density at radius 1 is 0.889 bits per heavy atom. The van der Waals surface area contributed by atoms with Gasteiger partial charge in [-0.1, -0.05) is 84.0 Å². The van der Waals surface area contributed by atoms with Crippen LogP contribution in [-0.4, -0.2) is 49.3 Å². The average Bonchev–Trinajstić information content (AvgIpc) is 3.41. The summed E-state index contributed by atoms with van der Waals surface area (Å²) in [5.41, 5.74) is 6.62. The minimum atomic E-state index is -0.725. The minimum absolute atomic E-state index is 0.0678. The zero-order chi connectivity index (χ0) is 31.2. The van der Waals surface area contributed by atoms with E-state index >= 15 is 0 Å². The molecule has 8 heteroatoms. The molecule has 6 rings (SSSR count). The number of benzene rings is 3. The lowest BCUT2D eigenvalue weighted by Crippen LogP contribution is -2.52. The zero-order valence-corrected chi connectivity index (χ0v) is 25.5. The van der Waals surface area contributed by atoms with E-state index in [9.17, 15) is 9.59 Å². The quantitative estimate of drug-likeness (QED) is 0.194. The molecule has 5 aromatic rings. The van der Waals surface area contributed by atoms with E-state index < -0.39 is 6.04 Å². The number of nitrogens with zero attached hydrogens (tertiary/aromatic N) is 5. The molecule has 0 unspecified atom stereocenters. The van der Waals surface area contributed by atoms with E-state index in [4.69, 9.17) is 4.52 Å². The Morgan fingerprint density at radius 2 is 1.60 bits per heavy atom. The van der Waals surface area contributed by atoms with Crippen LogP contribution in [0.5, 0.6) is 0 Å². The Kier molecular flexibility index (Phi) is 8.91. The largest absolute Gasteiger partial charge is 0.361 e. The Balaban J connectivity index is 1.35. The van der Waals surface area contributed by atoms with Crippen LogP contribution in [0.1, 0.15) is 39.3 Å². The van der Waals surface area contributed by atoms with E-state index in [1.165, 1.54) is 11.6 Å². The van der Waals surface area contributed by atoms with Crippen molar-refractivity contribution in [3.05, 3.63) is 143 Å². The Hall–Kier alpha value is -5.37. The maximum Gasteiger partial charge on any atom is 0.247 e. The number of aryl methyl sites for hydroxylation is 2. The summed E-state index contributed by atoms with van der Waals surface area (Å²) in [5, 5.41) is 4.02. The molecule has 3 aromatic carbocycles. The van der Waals surface area contributed by atoms with Gasteiger partial charge in [0.05, 0.1) is 5.69 Å². The second-order valence-electron chi connectivity index (χ2n) is 11.3. The van der Waals surface area contributed by atoms with Gasteiger partial charge in [0.15, 0.2) is 5.82 Å². The van der Waals surface area contributed by atoms with E-state index in [0.717, 1.165) is 34.2 Å². The smallest absolute Gasteiger partial charge is 0.247 e. The lowest BCUT2D eigenvalue weighted by Gasteiger charge is -2.37. The molecule has 0 spiro atoms. The van der Waals surface area contributed by atoms with Crippen LogP contribution in [0.25, 0.3) is 17.5 Å². The Bertz CT molecular complexity index is 1780. The highest BCUT2D eigenvalue weighted by molar-refractivity contribution is 5.96. The summed E-state index contributed by atoms with van der Waals surface area (Å²) >= 11 is 0. The molecule has 0 aliphatic carbocycles. The molecule has 0 fully saturated rings. The van der Waals surface area contributed by atoms with E-state index in [1.807, 2.05) is 85.5 Å². The molecule has 1 aliphatic heterocycles. The molecule has 0 saturated heterocycles. The molecule has 0 bridgehead atoms. The number of hydrogen-bond acceptors (Lipinski definition) is 6. The fourth-order valence-electron chi connectivity index (χ4n) is 5.79. The summed E-state index contributed by atoms with van der Waals surface area (Å²) < 4.78 is 5.31. The molecule has 0 saturated carbocycles. The lowest BCUT2D eigenvalue weighted by atomic mass is 9.97. The van der Waals surface area contributed by atoms with Gasteiger partial charge in [-0.2, -0.15) is 0 Å². The van der Waals surface area contributed by atoms with Gasteiger partial charge >= 0.3 is 0 Å². The normalized spacial score (nSPS) is 13.4. The summed E-state index contributed by atoms with van der Waals surface area (Å²) in [4.78, 5) is 40.9. The summed E-state index contributed by atoms with van der Waals surface area (Å²) in [5.74, 6) is 0.923. The van der Waals surface area contributed by atoms with Gasteiger partial charge in [0.2, 0.25) is 11.8 Å². The molecule has 2 amide bonds. The molecule has 1 atom stereocenters. The van der Waals surface area contributed by atoms with Gasteiger partial charge in [0.25, 0.3) is 0 Å². The van der Waals surface area contributed by atoms with E-state index in [1.54, 1.807) is 29.4 Å². The topological polar surface area (TPSA) is 92.4 Å². The molecule has 45 heavy (non-hydrogen) atoms. The van der Waals surface area contributed by atoms with Crippen LogP contribution < -0.4 is 0 Å². The molecule has 226 valence electrons. The predicted octanol–water partition coefficient (Wildman–Crippen LogP) is 5.99. The lowest BCUT2D eigenvalue weighted by molar-refractivity contribution is -0.144. The first kappa shape index (κ1) is 29.7. The average molecular weight is 598 g/mol. The third-order valence-corrected chi connectivity index (χ3v) is 8.27. The van der Waals surface area contributed by atoms with Gasteiger partial charge in [-0.3, -0.25) is 9.59 Å². The van der Waals surface area contributed by atoms with Crippen molar-refractivity contribution >= 4 is 17.9 Å². The monoisotopic (exact) mass is 597 g/mol. The van der Waals surface area contributed by atoms with Crippen molar-refractivity contribution in [3.8, 4) is 11.4 Å². The second-order valence-corrected chi connectivity index (χ2v) is 11.3. The van der Waals surface area contributed by atoms with Crippen molar-refractivity contribution in [2.75, 3.05) is 6.54 Å². The van der Waals surface area contributed by atoms with Crippen LogP contribution in [0.4, 0.5) is 0 Å². The molecular weight excluding hydrogens is 562 g/mol. The van der Waals surface area contributed by atoms with Crippen LogP contribution in [0.2, 0.25) is 0 Å². The zero-order valence-electron chi connectivity index (χ0n) is 25.5. The number of rotatable bonds is 9. The second kappa shape index (κ2) is 13.5. The van der Waals surface area contributed by atoms with E-state index in [-0.39, 0.29) is 18.4 Å². The van der Waals surface area contributed by atoms with Gasteiger partial charge < -0.3 is 14.3 Å². The van der Waals surface area contributed by atoms with Crippen LogP contribution in [-0.2, 0) is 35.5 Å². The highest BCUT2D eigenvalue weighted by atomic mass is 16.5. The van der Waals surface area contributed by atoms with Gasteiger partial charge in [-0.15, -0.1) is 0 Å². The summed E-state index contributed by atoms with van der Waals surface area (Å²) in [6.07, 6.45) is 7.84. The summed E-state index contributed by atoms with van der Waals surface area (Å²) in [7, 11) is 0. The Morgan fingerprint density at radius 3 is 2.31 bits per heavy atom. The van der Waals surface area contributed by atoms with Crippen LogP contribution in [0.15, 0.2) is 108 Å². The van der Waals surface area contributed by atoms with Crippen molar-refractivity contribution < 1.29 is 14.1 Å². The first-order valence-electron chi connectivity index (χ1n) is 15.1. The van der Waals surface area contributed by atoms with Crippen molar-refractivity contribution in [2.45, 2.75) is 45.8 Å². The first-order chi connectivity index (χ1) is 22.0. The maximum absolute atomic E-state index is 14.5. The number of fused-ring (bicyclic) bond motifs is 1. The number of carbonyl (C=O) groups excluding carboxylic acids is 2. The molecule has 3 heterocycles. The molecular formula is C37H35N5O3. The highest BCUT2D eigenvalue weighted by Gasteiger charge is 2.34. The standard InChI is InChI=1S/C37H35N5O3/c1-26-33(27(2)45-40-26)17-18-35(43)42(24-29-13-15-31(16-14-29)36-38-20-8-21-39-36)34(23-28-9-4-3-5-10-28)37(44)41-22-19-30-11-6-7-12-32(30)25-41/h3-18,20-21,34H,19,22-25H2,1-2H3/t34-/m0/s1. The number of aromatic nitrogens is 3. The first-order valence-corrected chi connectivity index (χ1v) is 15.1. The fraction of sp³-hybridized carbons (Fsp3) is 0.216. The van der Waals surface area contributed by atoms with E-state index in [0.29, 0.717) is 36.8 Å².